The minimum Gasteiger partial charge on any atom is -0.493 e. The molecular formula is C23H27N3O4S. The molecule has 1 aromatic heterocycles. The van der Waals surface area contributed by atoms with Gasteiger partial charge in [0.2, 0.25) is 0 Å². The number of thioether (sulfide) groups is 1. The van der Waals surface area contributed by atoms with E-state index in [1.54, 1.807) is 18.2 Å². The molecule has 1 unspecified atom stereocenters. The van der Waals surface area contributed by atoms with Crippen LogP contribution in [0.4, 0.5) is 0 Å². The Bertz CT molecular complexity index is 1050. The molecule has 3 rings (SSSR count). The molecule has 0 saturated heterocycles. The fourth-order valence-corrected chi connectivity index (χ4v) is 4.02. The van der Waals surface area contributed by atoms with Crippen molar-refractivity contribution in [2.75, 3.05) is 19.5 Å². The van der Waals surface area contributed by atoms with Crippen molar-refractivity contribution in [3.05, 3.63) is 53.6 Å². The van der Waals surface area contributed by atoms with Crippen molar-refractivity contribution in [2.45, 2.75) is 38.6 Å². The Morgan fingerprint density at radius 3 is 2.65 bits per heavy atom. The van der Waals surface area contributed by atoms with Gasteiger partial charge in [-0.05, 0) is 44.5 Å². The highest BCUT2D eigenvalue weighted by Gasteiger charge is 2.17. The maximum atomic E-state index is 11.5. The first-order valence-corrected chi connectivity index (χ1v) is 11.0. The number of Topliss-reactive ketones (excluding diaryl/α,β-unsaturated/α-hetero) is 1. The van der Waals surface area contributed by atoms with E-state index in [2.05, 4.69) is 23.2 Å². The lowest BCUT2D eigenvalue weighted by molar-refractivity contribution is 0.101. The van der Waals surface area contributed by atoms with Crippen LogP contribution in [-0.4, -0.2) is 51.2 Å². The van der Waals surface area contributed by atoms with E-state index in [1.165, 1.54) is 25.8 Å². The second kappa shape index (κ2) is 10.5. The monoisotopic (exact) mass is 441 g/mol. The summed E-state index contributed by atoms with van der Waals surface area (Å²) < 4.78 is 13.1. The van der Waals surface area contributed by atoms with Crippen molar-refractivity contribution in [1.29, 1.82) is 0 Å². The van der Waals surface area contributed by atoms with E-state index in [0.717, 1.165) is 28.7 Å². The molecule has 3 aromatic rings. The van der Waals surface area contributed by atoms with Crippen LogP contribution in [0.25, 0.3) is 11.4 Å². The number of benzene rings is 2. The number of ketones is 1. The summed E-state index contributed by atoms with van der Waals surface area (Å²) in [6, 6.07) is 13.1. The van der Waals surface area contributed by atoms with Crippen LogP contribution in [-0.2, 0) is 6.54 Å². The first-order valence-electron chi connectivity index (χ1n) is 10.1. The lowest BCUT2D eigenvalue weighted by Gasteiger charge is -2.15. The highest BCUT2D eigenvalue weighted by Crippen LogP contribution is 2.29. The van der Waals surface area contributed by atoms with Gasteiger partial charge < -0.3 is 19.1 Å². The molecule has 31 heavy (non-hydrogen) atoms. The van der Waals surface area contributed by atoms with Crippen LogP contribution in [0.15, 0.2) is 47.6 Å². The van der Waals surface area contributed by atoms with Crippen molar-refractivity contribution in [2.24, 2.45) is 0 Å². The summed E-state index contributed by atoms with van der Waals surface area (Å²) in [4.78, 5) is 11.5. The first-order chi connectivity index (χ1) is 14.9. The third kappa shape index (κ3) is 5.45. The number of aliphatic hydroxyl groups is 1. The maximum Gasteiger partial charge on any atom is 0.191 e. The van der Waals surface area contributed by atoms with Gasteiger partial charge in [0.25, 0.3) is 0 Å². The van der Waals surface area contributed by atoms with Crippen LogP contribution in [0.2, 0.25) is 0 Å². The zero-order valence-corrected chi connectivity index (χ0v) is 19.0. The molecule has 164 valence electrons. The zero-order valence-electron chi connectivity index (χ0n) is 18.2. The molecule has 0 amide bonds. The van der Waals surface area contributed by atoms with E-state index in [1.807, 2.05) is 29.7 Å². The predicted octanol–water partition coefficient (Wildman–Crippen LogP) is 4.02. The molecule has 0 bridgehead atoms. The van der Waals surface area contributed by atoms with E-state index in [4.69, 9.17) is 9.47 Å². The number of rotatable bonds is 10. The molecule has 8 heteroatoms. The zero-order chi connectivity index (χ0) is 22.4. The first kappa shape index (κ1) is 22.8. The number of aliphatic hydroxyl groups excluding tert-OH is 1. The van der Waals surface area contributed by atoms with E-state index in [-0.39, 0.29) is 12.4 Å². The lowest BCUT2D eigenvalue weighted by Crippen LogP contribution is -2.20. The standard InChI is InChI=1S/C23H27N3O4S/c1-5-26-22(19-9-7-6-8-15(19)2)24-25-23(26)31-14-18(28)13-30-20-11-10-17(16(3)27)12-21(20)29-4/h6-12,18,28H,5,13-14H2,1-4H3. The summed E-state index contributed by atoms with van der Waals surface area (Å²) in [5.74, 6) is 2.12. The van der Waals surface area contributed by atoms with E-state index < -0.39 is 6.10 Å². The number of methoxy groups -OCH3 is 1. The Balaban J connectivity index is 1.62. The molecule has 1 heterocycles. The molecule has 0 aliphatic carbocycles. The molecular weight excluding hydrogens is 414 g/mol. The van der Waals surface area contributed by atoms with Crippen LogP contribution in [0.1, 0.15) is 29.8 Å². The number of hydrogen-bond acceptors (Lipinski definition) is 7. The van der Waals surface area contributed by atoms with Gasteiger partial charge in [-0.15, -0.1) is 10.2 Å². The van der Waals surface area contributed by atoms with Crippen LogP contribution in [0.5, 0.6) is 11.5 Å². The largest absolute Gasteiger partial charge is 0.493 e. The normalized spacial score (nSPS) is 11.9. The second-order valence-corrected chi connectivity index (χ2v) is 8.05. The summed E-state index contributed by atoms with van der Waals surface area (Å²) in [6.07, 6.45) is -0.717. The summed E-state index contributed by atoms with van der Waals surface area (Å²) >= 11 is 1.44. The van der Waals surface area contributed by atoms with Crippen LogP contribution in [0.3, 0.4) is 0 Å². The number of carbonyl (C=O) groups is 1. The van der Waals surface area contributed by atoms with Gasteiger partial charge in [0.05, 0.1) is 13.2 Å². The molecule has 1 N–H and O–H groups in total. The van der Waals surface area contributed by atoms with Crippen LogP contribution in [0, 0.1) is 6.92 Å². The third-order valence-electron chi connectivity index (χ3n) is 4.83. The molecule has 0 radical (unpaired) electrons. The summed E-state index contributed by atoms with van der Waals surface area (Å²) in [7, 11) is 1.52. The van der Waals surface area contributed by atoms with Gasteiger partial charge in [-0.3, -0.25) is 4.79 Å². The molecule has 1 atom stereocenters. The highest BCUT2D eigenvalue weighted by molar-refractivity contribution is 7.99. The average Bonchev–Trinajstić information content (AvgIpc) is 3.18. The minimum atomic E-state index is -0.717. The molecule has 0 spiro atoms. The number of aromatic nitrogens is 3. The molecule has 0 saturated carbocycles. The van der Waals surface area contributed by atoms with E-state index in [9.17, 15) is 9.90 Å². The van der Waals surface area contributed by atoms with Crippen molar-refractivity contribution in [3.8, 4) is 22.9 Å². The quantitative estimate of drug-likeness (QED) is 0.376. The maximum absolute atomic E-state index is 11.5. The second-order valence-electron chi connectivity index (χ2n) is 7.06. The van der Waals surface area contributed by atoms with Gasteiger partial charge in [0, 0.05) is 23.4 Å². The lowest BCUT2D eigenvalue weighted by atomic mass is 10.1. The van der Waals surface area contributed by atoms with Crippen LogP contribution >= 0.6 is 11.8 Å². The average molecular weight is 442 g/mol. The Morgan fingerprint density at radius 2 is 1.97 bits per heavy atom. The third-order valence-corrected chi connectivity index (χ3v) is 5.94. The van der Waals surface area contributed by atoms with E-state index >= 15 is 0 Å². The summed E-state index contributed by atoms with van der Waals surface area (Å²) in [5, 5.41) is 19.9. The van der Waals surface area contributed by atoms with Crippen molar-refractivity contribution >= 4 is 17.5 Å². The van der Waals surface area contributed by atoms with Gasteiger partial charge in [-0.1, -0.05) is 36.0 Å². The number of hydrogen-bond donors (Lipinski definition) is 1. The predicted molar refractivity (Wildman–Crippen MR) is 121 cm³/mol. The Labute approximate surface area is 186 Å². The molecule has 7 nitrogen and oxygen atoms in total. The number of nitrogens with zero attached hydrogens (tertiary/aromatic N) is 3. The van der Waals surface area contributed by atoms with Gasteiger partial charge in [0.1, 0.15) is 6.61 Å². The summed E-state index contributed by atoms with van der Waals surface area (Å²) in [5.41, 5.74) is 2.73. The number of ether oxygens (including phenoxy) is 2. The molecule has 0 fully saturated rings. The van der Waals surface area contributed by atoms with Crippen molar-refractivity contribution in [1.82, 2.24) is 14.8 Å². The van der Waals surface area contributed by atoms with Crippen molar-refractivity contribution in [3.63, 3.8) is 0 Å². The Hall–Kier alpha value is -2.84. The Kier molecular flexibility index (Phi) is 7.70. The minimum absolute atomic E-state index is 0.0496. The highest BCUT2D eigenvalue weighted by atomic mass is 32.2. The van der Waals surface area contributed by atoms with E-state index in [0.29, 0.717) is 22.8 Å². The van der Waals surface area contributed by atoms with Gasteiger partial charge >= 0.3 is 0 Å². The van der Waals surface area contributed by atoms with Gasteiger partial charge in [-0.25, -0.2) is 0 Å². The molecule has 0 aliphatic heterocycles. The van der Waals surface area contributed by atoms with Crippen molar-refractivity contribution < 1.29 is 19.4 Å². The number of aryl methyl sites for hydroxylation is 1. The SMILES string of the molecule is CCn1c(SCC(O)COc2ccc(C(C)=O)cc2OC)nnc1-c1ccccc1C. The fourth-order valence-electron chi connectivity index (χ4n) is 3.11. The number of carbonyl (C=O) groups excluding carboxylic acids is 1. The van der Waals surface area contributed by atoms with Crippen LogP contribution < -0.4 is 9.47 Å². The molecule has 2 aromatic carbocycles. The van der Waals surface area contributed by atoms with Gasteiger partial charge in [-0.2, -0.15) is 0 Å². The smallest absolute Gasteiger partial charge is 0.191 e. The fraction of sp³-hybridized carbons (Fsp3) is 0.348. The summed E-state index contributed by atoms with van der Waals surface area (Å²) in [6.45, 7) is 6.41. The Morgan fingerprint density at radius 1 is 1.19 bits per heavy atom. The topological polar surface area (TPSA) is 86.5 Å². The molecule has 0 aliphatic rings. The van der Waals surface area contributed by atoms with Gasteiger partial charge in [0.15, 0.2) is 28.3 Å².